The lowest BCUT2D eigenvalue weighted by molar-refractivity contribution is -0.145. The summed E-state index contributed by atoms with van der Waals surface area (Å²) in [6.45, 7) is 2.83. The van der Waals surface area contributed by atoms with Crippen LogP contribution >= 0.6 is 0 Å². The van der Waals surface area contributed by atoms with Crippen LogP contribution in [0.4, 0.5) is 0 Å². The van der Waals surface area contributed by atoms with Crippen molar-refractivity contribution < 1.29 is 23.9 Å². The topological polar surface area (TPSA) is 91.1 Å². The molecule has 2 heterocycles. The van der Waals surface area contributed by atoms with Gasteiger partial charge in [-0.05, 0) is 25.3 Å². The molecule has 1 aliphatic rings. The first kappa shape index (κ1) is 18.0. The fourth-order valence-corrected chi connectivity index (χ4v) is 2.91. The van der Waals surface area contributed by atoms with Crippen LogP contribution in [-0.2, 0) is 16.0 Å². The average molecular weight is 336 g/mol. The maximum absolute atomic E-state index is 12.5. The average Bonchev–Trinajstić information content (AvgIpc) is 3.02. The minimum Gasteiger partial charge on any atom is -0.481 e. The number of carbonyl (C=O) groups is 3. The summed E-state index contributed by atoms with van der Waals surface area (Å²) in [4.78, 5) is 38.8. The third-order valence-electron chi connectivity index (χ3n) is 4.37. The lowest BCUT2D eigenvalue weighted by atomic mass is 9.97. The van der Waals surface area contributed by atoms with Crippen molar-refractivity contribution in [1.82, 2.24) is 9.80 Å². The summed E-state index contributed by atoms with van der Waals surface area (Å²) in [6.07, 6.45) is 3.96. The number of furan rings is 1. The van der Waals surface area contributed by atoms with Crippen molar-refractivity contribution in [3.05, 3.63) is 23.7 Å². The Bertz CT molecular complexity index is 602. The molecule has 0 aromatic carbocycles. The molecule has 1 aromatic rings. The standard InChI is InChI=1S/C17H24N2O5/c1-3-4-14-13(7-10-24-14)16(21)18(2)11-15(20)19-8-5-12(6-9-19)17(22)23/h7,10,12H,3-6,8-9,11H2,1-2H3,(H,22,23). The number of piperidine rings is 1. The summed E-state index contributed by atoms with van der Waals surface area (Å²) in [6, 6.07) is 1.63. The van der Waals surface area contributed by atoms with Crippen LogP contribution in [0, 0.1) is 5.92 Å². The van der Waals surface area contributed by atoms with E-state index in [2.05, 4.69) is 0 Å². The van der Waals surface area contributed by atoms with Gasteiger partial charge >= 0.3 is 5.97 Å². The fraction of sp³-hybridized carbons (Fsp3) is 0.588. The van der Waals surface area contributed by atoms with E-state index in [9.17, 15) is 14.4 Å². The van der Waals surface area contributed by atoms with Gasteiger partial charge in [0.1, 0.15) is 5.76 Å². The van der Waals surface area contributed by atoms with Gasteiger partial charge in [-0.15, -0.1) is 0 Å². The van der Waals surface area contributed by atoms with E-state index in [0.29, 0.717) is 43.7 Å². The molecule has 1 aromatic heterocycles. The minimum atomic E-state index is -0.808. The lowest BCUT2D eigenvalue weighted by Gasteiger charge is -2.31. The fourth-order valence-electron chi connectivity index (χ4n) is 2.91. The molecule has 132 valence electrons. The predicted octanol–water partition coefficient (Wildman–Crippen LogP) is 1.63. The summed E-state index contributed by atoms with van der Waals surface area (Å²) >= 11 is 0. The number of hydrogen-bond donors (Lipinski definition) is 1. The zero-order valence-corrected chi connectivity index (χ0v) is 14.2. The molecule has 1 saturated heterocycles. The summed E-state index contributed by atoms with van der Waals surface area (Å²) in [7, 11) is 1.59. The maximum atomic E-state index is 12.5. The Morgan fingerprint density at radius 3 is 2.58 bits per heavy atom. The Kier molecular flexibility index (Phi) is 6.00. The van der Waals surface area contributed by atoms with Crippen LogP contribution in [0.5, 0.6) is 0 Å². The first-order chi connectivity index (χ1) is 11.4. The van der Waals surface area contributed by atoms with Crippen molar-refractivity contribution in [2.45, 2.75) is 32.6 Å². The molecule has 0 aliphatic carbocycles. The van der Waals surface area contributed by atoms with Gasteiger partial charge in [0.2, 0.25) is 5.91 Å². The Morgan fingerprint density at radius 1 is 1.33 bits per heavy atom. The molecule has 7 nitrogen and oxygen atoms in total. The van der Waals surface area contributed by atoms with E-state index in [0.717, 1.165) is 6.42 Å². The van der Waals surface area contributed by atoms with E-state index < -0.39 is 5.97 Å². The molecule has 1 N–H and O–H groups in total. The molecule has 0 atom stereocenters. The van der Waals surface area contributed by atoms with Crippen molar-refractivity contribution in [2.24, 2.45) is 5.92 Å². The van der Waals surface area contributed by atoms with Crippen molar-refractivity contribution in [3.63, 3.8) is 0 Å². The first-order valence-corrected chi connectivity index (χ1v) is 8.26. The first-order valence-electron chi connectivity index (χ1n) is 8.26. The Hall–Kier alpha value is -2.31. The number of carboxylic acid groups (broad SMARTS) is 1. The minimum absolute atomic E-state index is 0.0205. The van der Waals surface area contributed by atoms with Crippen molar-refractivity contribution in [3.8, 4) is 0 Å². The van der Waals surface area contributed by atoms with Gasteiger partial charge < -0.3 is 19.3 Å². The maximum Gasteiger partial charge on any atom is 0.306 e. The number of rotatable bonds is 6. The predicted molar refractivity (Wildman–Crippen MR) is 86.6 cm³/mol. The van der Waals surface area contributed by atoms with Crippen LogP contribution in [0.25, 0.3) is 0 Å². The third kappa shape index (κ3) is 4.15. The number of likely N-dealkylation sites (tertiary alicyclic amines) is 1. The molecular weight excluding hydrogens is 312 g/mol. The number of carbonyl (C=O) groups excluding carboxylic acids is 2. The van der Waals surface area contributed by atoms with Crippen LogP contribution in [0.1, 0.15) is 42.3 Å². The number of hydrogen-bond acceptors (Lipinski definition) is 4. The van der Waals surface area contributed by atoms with E-state index >= 15 is 0 Å². The van der Waals surface area contributed by atoms with Gasteiger partial charge in [0.15, 0.2) is 0 Å². The molecule has 0 bridgehead atoms. The Balaban J connectivity index is 1.90. The number of carboxylic acids is 1. The van der Waals surface area contributed by atoms with Crippen LogP contribution in [-0.4, -0.2) is 59.4 Å². The zero-order valence-electron chi connectivity index (χ0n) is 14.2. The second kappa shape index (κ2) is 7.99. The molecule has 0 radical (unpaired) electrons. The van der Waals surface area contributed by atoms with Gasteiger partial charge in [-0.1, -0.05) is 6.92 Å². The monoisotopic (exact) mass is 336 g/mol. The highest BCUT2D eigenvalue weighted by atomic mass is 16.4. The quantitative estimate of drug-likeness (QED) is 0.852. The van der Waals surface area contributed by atoms with Gasteiger partial charge in [0.25, 0.3) is 5.91 Å². The third-order valence-corrected chi connectivity index (χ3v) is 4.37. The highest BCUT2D eigenvalue weighted by Gasteiger charge is 2.28. The van der Waals surface area contributed by atoms with E-state index in [-0.39, 0.29) is 24.3 Å². The van der Waals surface area contributed by atoms with Gasteiger partial charge in [-0.3, -0.25) is 14.4 Å². The molecule has 1 aliphatic heterocycles. The zero-order chi connectivity index (χ0) is 17.7. The highest BCUT2D eigenvalue weighted by Crippen LogP contribution is 2.18. The molecule has 0 unspecified atom stereocenters. The SMILES string of the molecule is CCCc1occc1C(=O)N(C)CC(=O)N1CCC(C(=O)O)CC1. The van der Waals surface area contributed by atoms with Gasteiger partial charge in [0, 0.05) is 26.6 Å². The van der Waals surface area contributed by atoms with E-state index in [1.54, 1.807) is 18.0 Å². The smallest absolute Gasteiger partial charge is 0.306 e. The molecule has 2 rings (SSSR count). The largest absolute Gasteiger partial charge is 0.481 e. The molecule has 0 saturated carbocycles. The Morgan fingerprint density at radius 2 is 2.00 bits per heavy atom. The Labute approximate surface area is 141 Å². The molecular formula is C17H24N2O5. The van der Waals surface area contributed by atoms with E-state index in [1.165, 1.54) is 11.2 Å². The molecule has 0 spiro atoms. The molecule has 2 amide bonds. The summed E-state index contributed by atoms with van der Waals surface area (Å²) in [5, 5.41) is 8.99. The van der Waals surface area contributed by atoms with Crippen LogP contribution in [0.2, 0.25) is 0 Å². The number of amides is 2. The van der Waals surface area contributed by atoms with Crippen molar-refractivity contribution in [1.29, 1.82) is 0 Å². The second-order valence-electron chi connectivity index (χ2n) is 6.16. The number of aliphatic carboxylic acids is 1. The second-order valence-corrected chi connectivity index (χ2v) is 6.16. The van der Waals surface area contributed by atoms with Crippen LogP contribution in [0.15, 0.2) is 16.7 Å². The number of nitrogens with zero attached hydrogens (tertiary/aromatic N) is 2. The summed E-state index contributed by atoms with van der Waals surface area (Å²) < 4.78 is 5.33. The van der Waals surface area contributed by atoms with Gasteiger partial charge in [0.05, 0.1) is 24.3 Å². The van der Waals surface area contributed by atoms with Gasteiger partial charge in [-0.2, -0.15) is 0 Å². The van der Waals surface area contributed by atoms with E-state index in [4.69, 9.17) is 9.52 Å². The molecule has 7 heteroatoms. The summed E-state index contributed by atoms with van der Waals surface area (Å²) in [5.74, 6) is -0.936. The highest BCUT2D eigenvalue weighted by molar-refractivity contribution is 5.97. The molecule has 24 heavy (non-hydrogen) atoms. The van der Waals surface area contributed by atoms with Crippen LogP contribution in [0.3, 0.4) is 0 Å². The summed E-state index contributed by atoms with van der Waals surface area (Å²) in [5.41, 5.74) is 0.497. The number of likely N-dealkylation sites (N-methyl/N-ethyl adjacent to an activating group) is 1. The van der Waals surface area contributed by atoms with Crippen molar-refractivity contribution in [2.75, 3.05) is 26.7 Å². The molecule has 1 fully saturated rings. The normalized spacial score (nSPS) is 15.3. The number of aryl methyl sites for hydroxylation is 1. The van der Waals surface area contributed by atoms with Crippen molar-refractivity contribution >= 4 is 17.8 Å². The van der Waals surface area contributed by atoms with E-state index in [1.807, 2.05) is 6.92 Å². The lowest BCUT2D eigenvalue weighted by Crippen LogP contribution is -2.45. The van der Waals surface area contributed by atoms with Crippen LogP contribution < -0.4 is 0 Å². The van der Waals surface area contributed by atoms with Gasteiger partial charge in [-0.25, -0.2) is 0 Å².